The van der Waals surface area contributed by atoms with Gasteiger partial charge in [-0.2, -0.15) is 0 Å². The highest BCUT2D eigenvalue weighted by Gasteiger charge is 1.98. The minimum atomic E-state index is 0.570. The molecule has 0 aliphatic heterocycles. The van der Waals surface area contributed by atoms with Crippen LogP contribution in [0.5, 0.6) is 5.88 Å². The fourth-order valence-corrected chi connectivity index (χ4v) is 1.83. The Labute approximate surface area is 113 Å². The number of benzene rings is 1. The molecule has 0 amide bonds. The summed E-state index contributed by atoms with van der Waals surface area (Å²) in [6, 6.07) is 11.6. The maximum atomic E-state index is 5.63. The molecule has 2 rings (SSSR count). The molecule has 0 saturated heterocycles. The van der Waals surface area contributed by atoms with Crippen LogP contribution in [0.2, 0.25) is 0 Å². The lowest BCUT2D eigenvalue weighted by Gasteiger charge is -2.09. The molecule has 0 aliphatic carbocycles. The van der Waals surface area contributed by atoms with Crippen molar-refractivity contribution >= 4 is 11.4 Å². The number of nitrogens with two attached hydrogens (primary N) is 1. The zero-order valence-corrected chi connectivity index (χ0v) is 11.3. The molecule has 0 saturated carbocycles. The molecule has 100 valence electrons. The van der Waals surface area contributed by atoms with Crippen molar-refractivity contribution in [1.82, 2.24) is 4.98 Å². The molecule has 19 heavy (non-hydrogen) atoms. The van der Waals surface area contributed by atoms with Gasteiger partial charge in [0.05, 0.1) is 0 Å². The van der Waals surface area contributed by atoms with Crippen LogP contribution in [0.15, 0.2) is 36.4 Å². The highest BCUT2D eigenvalue weighted by Crippen LogP contribution is 2.12. The van der Waals surface area contributed by atoms with E-state index in [2.05, 4.69) is 10.3 Å². The molecule has 2 aromatic rings. The lowest BCUT2D eigenvalue weighted by Crippen LogP contribution is -2.12. The summed E-state index contributed by atoms with van der Waals surface area (Å²) >= 11 is 0. The van der Waals surface area contributed by atoms with Gasteiger partial charge in [-0.3, -0.25) is 0 Å². The van der Waals surface area contributed by atoms with Crippen molar-refractivity contribution in [2.75, 3.05) is 24.2 Å². The summed E-state index contributed by atoms with van der Waals surface area (Å²) in [6.07, 6.45) is 0. The van der Waals surface area contributed by atoms with E-state index in [-0.39, 0.29) is 0 Å². The molecule has 0 bridgehead atoms. The summed E-state index contributed by atoms with van der Waals surface area (Å²) in [7, 11) is 0. The summed E-state index contributed by atoms with van der Waals surface area (Å²) in [6.45, 7) is 5.29. The molecule has 1 aromatic heterocycles. The summed E-state index contributed by atoms with van der Waals surface area (Å²) in [5.74, 6) is 0.677. The Bertz CT molecular complexity index is 517. The van der Waals surface area contributed by atoms with Crippen LogP contribution in [0.4, 0.5) is 11.4 Å². The quantitative estimate of drug-likeness (QED) is 0.638. The Morgan fingerprint density at radius 2 is 1.89 bits per heavy atom. The van der Waals surface area contributed by atoms with Gasteiger partial charge in [-0.25, -0.2) is 4.98 Å². The smallest absolute Gasteiger partial charge is 0.213 e. The lowest BCUT2D eigenvalue weighted by atomic mass is 10.2. The average Bonchev–Trinajstić information content (AvgIpc) is 2.36. The first-order valence-corrected chi connectivity index (χ1v) is 6.31. The number of nitrogen functional groups attached to an aromatic ring is 1. The van der Waals surface area contributed by atoms with Gasteiger partial charge < -0.3 is 15.8 Å². The van der Waals surface area contributed by atoms with Gasteiger partial charge in [-0.1, -0.05) is 0 Å². The summed E-state index contributed by atoms with van der Waals surface area (Å²) < 4.78 is 5.61. The summed E-state index contributed by atoms with van der Waals surface area (Å²) in [5.41, 5.74) is 9.56. The molecule has 3 N–H and O–H groups in total. The van der Waals surface area contributed by atoms with Gasteiger partial charge in [0, 0.05) is 29.7 Å². The standard InChI is InChI=1S/C15H19N3O/c1-11-9-12(2)18-15(10-11)19-8-7-17-14-5-3-13(16)4-6-14/h3-6,9-10,17H,7-8,16H2,1-2H3. The first kappa shape index (κ1) is 13.2. The number of aryl methyl sites for hydroxylation is 2. The van der Waals surface area contributed by atoms with Crippen molar-refractivity contribution in [3.8, 4) is 5.88 Å². The predicted molar refractivity (Wildman–Crippen MR) is 78.6 cm³/mol. The third kappa shape index (κ3) is 4.17. The number of aromatic nitrogens is 1. The molecule has 4 heteroatoms. The first-order valence-electron chi connectivity index (χ1n) is 6.31. The second-order valence-corrected chi connectivity index (χ2v) is 4.52. The maximum absolute atomic E-state index is 5.63. The van der Waals surface area contributed by atoms with Gasteiger partial charge in [-0.05, 0) is 49.7 Å². The van der Waals surface area contributed by atoms with Crippen molar-refractivity contribution in [2.24, 2.45) is 0 Å². The minimum absolute atomic E-state index is 0.570. The maximum Gasteiger partial charge on any atom is 0.213 e. The first-order chi connectivity index (χ1) is 9.13. The molecule has 1 heterocycles. The van der Waals surface area contributed by atoms with Crippen LogP contribution < -0.4 is 15.8 Å². The van der Waals surface area contributed by atoms with Crippen LogP contribution >= 0.6 is 0 Å². The molecule has 0 atom stereocenters. The topological polar surface area (TPSA) is 60.2 Å². The minimum Gasteiger partial charge on any atom is -0.476 e. The highest BCUT2D eigenvalue weighted by molar-refractivity contribution is 5.51. The van der Waals surface area contributed by atoms with E-state index in [1.54, 1.807) is 0 Å². The molecular formula is C15H19N3O. The molecule has 1 aromatic carbocycles. The van der Waals surface area contributed by atoms with E-state index in [9.17, 15) is 0 Å². The van der Waals surface area contributed by atoms with Crippen LogP contribution in [0.25, 0.3) is 0 Å². The van der Waals surface area contributed by atoms with Gasteiger partial charge in [0.15, 0.2) is 0 Å². The summed E-state index contributed by atoms with van der Waals surface area (Å²) in [4.78, 5) is 4.32. The van der Waals surface area contributed by atoms with E-state index in [1.165, 1.54) is 0 Å². The largest absolute Gasteiger partial charge is 0.476 e. The van der Waals surface area contributed by atoms with Gasteiger partial charge in [-0.15, -0.1) is 0 Å². The normalized spacial score (nSPS) is 10.2. The van der Waals surface area contributed by atoms with Crippen LogP contribution in [-0.4, -0.2) is 18.1 Å². The molecular weight excluding hydrogens is 238 g/mol. The number of nitrogens with one attached hydrogen (secondary N) is 1. The number of anilines is 2. The van der Waals surface area contributed by atoms with Crippen LogP contribution in [0.1, 0.15) is 11.3 Å². The van der Waals surface area contributed by atoms with Crippen LogP contribution in [0.3, 0.4) is 0 Å². The Morgan fingerprint density at radius 1 is 1.16 bits per heavy atom. The number of rotatable bonds is 5. The third-order valence-electron chi connectivity index (χ3n) is 2.67. The number of pyridine rings is 1. The Morgan fingerprint density at radius 3 is 2.58 bits per heavy atom. The van der Waals surface area contributed by atoms with Crippen molar-refractivity contribution in [3.05, 3.63) is 47.7 Å². The van der Waals surface area contributed by atoms with Crippen molar-refractivity contribution in [2.45, 2.75) is 13.8 Å². The third-order valence-corrected chi connectivity index (χ3v) is 2.67. The number of nitrogens with zero attached hydrogens (tertiary/aromatic N) is 1. The van der Waals surface area contributed by atoms with E-state index in [1.807, 2.05) is 50.2 Å². The second-order valence-electron chi connectivity index (χ2n) is 4.52. The van der Waals surface area contributed by atoms with E-state index in [0.29, 0.717) is 12.5 Å². The number of hydrogen-bond acceptors (Lipinski definition) is 4. The van der Waals surface area contributed by atoms with E-state index >= 15 is 0 Å². The SMILES string of the molecule is Cc1cc(C)nc(OCCNc2ccc(N)cc2)c1. The Hall–Kier alpha value is -2.23. The zero-order chi connectivity index (χ0) is 13.7. The Kier molecular flexibility index (Phi) is 4.23. The number of ether oxygens (including phenoxy) is 1. The van der Waals surface area contributed by atoms with Gasteiger partial charge in [0.2, 0.25) is 5.88 Å². The molecule has 4 nitrogen and oxygen atoms in total. The molecule has 0 aliphatic rings. The number of hydrogen-bond donors (Lipinski definition) is 2. The lowest BCUT2D eigenvalue weighted by molar-refractivity contribution is 0.319. The van der Waals surface area contributed by atoms with E-state index in [4.69, 9.17) is 10.5 Å². The summed E-state index contributed by atoms with van der Waals surface area (Å²) in [5, 5.41) is 3.26. The monoisotopic (exact) mass is 257 g/mol. The second kappa shape index (κ2) is 6.09. The van der Waals surface area contributed by atoms with Crippen molar-refractivity contribution < 1.29 is 4.74 Å². The van der Waals surface area contributed by atoms with Crippen molar-refractivity contribution in [3.63, 3.8) is 0 Å². The average molecular weight is 257 g/mol. The van der Waals surface area contributed by atoms with Crippen molar-refractivity contribution in [1.29, 1.82) is 0 Å². The predicted octanol–water partition coefficient (Wildman–Crippen LogP) is 2.77. The molecule has 0 fully saturated rings. The van der Waals surface area contributed by atoms with Crippen LogP contribution in [-0.2, 0) is 0 Å². The van der Waals surface area contributed by atoms with E-state index in [0.717, 1.165) is 29.2 Å². The van der Waals surface area contributed by atoms with Gasteiger partial charge in [0.1, 0.15) is 6.61 Å². The highest BCUT2D eigenvalue weighted by atomic mass is 16.5. The molecule has 0 radical (unpaired) electrons. The zero-order valence-electron chi connectivity index (χ0n) is 11.3. The van der Waals surface area contributed by atoms with Gasteiger partial charge in [0.25, 0.3) is 0 Å². The van der Waals surface area contributed by atoms with Crippen LogP contribution in [0, 0.1) is 13.8 Å². The fourth-order valence-electron chi connectivity index (χ4n) is 1.83. The molecule has 0 unspecified atom stereocenters. The molecule has 0 spiro atoms. The fraction of sp³-hybridized carbons (Fsp3) is 0.267. The van der Waals surface area contributed by atoms with Gasteiger partial charge >= 0.3 is 0 Å². The Balaban J connectivity index is 1.79. The van der Waals surface area contributed by atoms with E-state index < -0.39 is 0 Å².